The van der Waals surface area contributed by atoms with E-state index in [1.165, 1.54) is 0 Å². The Morgan fingerprint density at radius 3 is 2.68 bits per heavy atom. The SMILES string of the molecule is CCc1cc(NCCC(=O)Nc2cccc(Cl)c2C)nc(-c2ccncc2)n1. The van der Waals surface area contributed by atoms with E-state index in [0.29, 0.717) is 29.6 Å². The summed E-state index contributed by atoms with van der Waals surface area (Å²) in [6.07, 6.45) is 4.53. The average Bonchev–Trinajstić information content (AvgIpc) is 2.72. The van der Waals surface area contributed by atoms with E-state index in [-0.39, 0.29) is 5.91 Å². The van der Waals surface area contributed by atoms with E-state index < -0.39 is 0 Å². The van der Waals surface area contributed by atoms with Gasteiger partial charge in [-0.05, 0) is 43.2 Å². The number of carbonyl (C=O) groups excluding carboxylic acids is 1. The zero-order valence-corrected chi connectivity index (χ0v) is 16.6. The Kier molecular flexibility index (Phi) is 6.55. The molecule has 0 atom stereocenters. The number of benzene rings is 1. The average molecular weight is 396 g/mol. The molecule has 0 saturated carbocycles. The molecule has 144 valence electrons. The first-order valence-corrected chi connectivity index (χ1v) is 9.52. The summed E-state index contributed by atoms with van der Waals surface area (Å²) in [5.41, 5.74) is 3.43. The highest BCUT2D eigenvalue weighted by molar-refractivity contribution is 6.31. The summed E-state index contributed by atoms with van der Waals surface area (Å²) in [7, 11) is 0. The van der Waals surface area contributed by atoms with Crippen molar-refractivity contribution < 1.29 is 4.79 Å². The van der Waals surface area contributed by atoms with Crippen LogP contribution in [0.1, 0.15) is 24.6 Å². The van der Waals surface area contributed by atoms with Gasteiger partial charge in [0.15, 0.2) is 5.82 Å². The van der Waals surface area contributed by atoms with Gasteiger partial charge in [-0.2, -0.15) is 0 Å². The molecule has 2 N–H and O–H groups in total. The van der Waals surface area contributed by atoms with Crippen LogP contribution >= 0.6 is 11.6 Å². The minimum Gasteiger partial charge on any atom is -0.369 e. The van der Waals surface area contributed by atoms with E-state index in [1.807, 2.05) is 44.2 Å². The number of amides is 1. The molecular formula is C21H22ClN5O. The first-order chi connectivity index (χ1) is 13.6. The molecule has 0 aliphatic carbocycles. The molecule has 0 bridgehead atoms. The van der Waals surface area contributed by atoms with E-state index in [9.17, 15) is 4.79 Å². The molecule has 2 heterocycles. The lowest BCUT2D eigenvalue weighted by atomic mass is 10.2. The van der Waals surface area contributed by atoms with Crippen LogP contribution in [0.25, 0.3) is 11.4 Å². The Labute approximate surface area is 169 Å². The topological polar surface area (TPSA) is 79.8 Å². The highest BCUT2D eigenvalue weighted by Gasteiger charge is 2.09. The summed E-state index contributed by atoms with van der Waals surface area (Å²) in [6.45, 7) is 4.38. The predicted molar refractivity (Wildman–Crippen MR) is 113 cm³/mol. The van der Waals surface area contributed by atoms with Crippen LogP contribution in [0.4, 0.5) is 11.5 Å². The van der Waals surface area contributed by atoms with Crippen molar-refractivity contribution in [1.82, 2.24) is 15.0 Å². The van der Waals surface area contributed by atoms with Crippen LogP contribution in [-0.2, 0) is 11.2 Å². The molecule has 1 amide bonds. The Hall–Kier alpha value is -2.99. The molecular weight excluding hydrogens is 374 g/mol. The molecule has 0 unspecified atom stereocenters. The number of anilines is 2. The minimum atomic E-state index is -0.0861. The zero-order chi connectivity index (χ0) is 19.9. The molecule has 28 heavy (non-hydrogen) atoms. The predicted octanol–water partition coefficient (Wildman–Crippen LogP) is 4.50. The molecule has 7 heteroatoms. The van der Waals surface area contributed by atoms with Crippen molar-refractivity contribution in [3.8, 4) is 11.4 Å². The highest BCUT2D eigenvalue weighted by atomic mass is 35.5. The normalized spacial score (nSPS) is 10.5. The molecule has 0 radical (unpaired) electrons. The molecule has 6 nitrogen and oxygen atoms in total. The van der Waals surface area contributed by atoms with Crippen molar-refractivity contribution >= 4 is 29.0 Å². The lowest BCUT2D eigenvalue weighted by Crippen LogP contribution is -2.17. The molecule has 0 aliphatic rings. The van der Waals surface area contributed by atoms with Crippen LogP contribution in [0.3, 0.4) is 0 Å². The van der Waals surface area contributed by atoms with Gasteiger partial charge in [0.25, 0.3) is 0 Å². The summed E-state index contributed by atoms with van der Waals surface area (Å²) in [5, 5.41) is 6.74. The number of nitrogens with zero attached hydrogens (tertiary/aromatic N) is 3. The quantitative estimate of drug-likeness (QED) is 0.615. The van der Waals surface area contributed by atoms with E-state index >= 15 is 0 Å². The number of halogens is 1. The zero-order valence-electron chi connectivity index (χ0n) is 15.9. The molecule has 0 spiro atoms. The number of aromatic nitrogens is 3. The number of rotatable bonds is 7. The summed E-state index contributed by atoms with van der Waals surface area (Å²) < 4.78 is 0. The fourth-order valence-electron chi connectivity index (χ4n) is 2.66. The Morgan fingerprint density at radius 1 is 1.14 bits per heavy atom. The van der Waals surface area contributed by atoms with Crippen LogP contribution in [0, 0.1) is 6.92 Å². The van der Waals surface area contributed by atoms with Gasteiger partial charge in [0.2, 0.25) is 5.91 Å². The van der Waals surface area contributed by atoms with Crippen molar-refractivity contribution in [3.63, 3.8) is 0 Å². The van der Waals surface area contributed by atoms with Gasteiger partial charge in [-0.25, -0.2) is 9.97 Å². The second kappa shape index (κ2) is 9.28. The highest BCUT2D eigenvalue weighted by Crippen LogP contribution is 2.23. The van der Waals surface area contributed by atoms with E-state index in [2.05, 4.69) is 25.6 Å². The van der Waals surface area contributed by atoms with Gasteiger partial charge in [0, 0.05) is 53.4 Å². The maximum absolute atomic E-state index is 12.2. The van der Waals surface area contributed by atoms with Crippen molar-refractivity contribution in [2.75, 3.05) is 17.2 Å². The maximum Gasteiger partial charge on any atom is 0.226 e. The van der Waals surface area contributed by atoms with Gasteiger partial charge in [-0.3, -0.25) is 9.78 Å². The smallest absolute Gasteiger partial charge is 0.226 e. The molecule has 3 rings (SSSR count). The van der Waals surface area contributed by atoms with Crippen LogP contribution < -0.4 is 10.6 Å². The number of hydrogen-bond donors (Lipinski definition) is 2. The third kappa shape index (κ3) is 5.04. The second-order valence-electron chi connectivity index (χ2n) is 6.29. The first kappa shape index (κ1) is 19.8. The first-order valence-electron chi connectivity index (χ1n) is 9.14. The number of pyridine rings is 1. The number of nitrogens with one attached hydrogen (secondary N) is 2. The van der Waals surface area contributed by atoms with Crippen LogP contribution in [0.2, 0.25) is 5.02 Å². The monoisotopic (exact) mass is 395 g/mol. The van der Waals surface area contributed by atoms with E-state index in [1.54, 1.807) is 18.5 Å². The fraction of sp³-hybridized carbons (Fsp3) is 0.238. The van der Waals surface area contributed by atoms with E-state index in [0.717, 1.165) is 28.9 Å². The molecule has 2 aromatic heterocycles. The van der Waals surface area contributed by atoms with Gasteiger partial charge in [0.05, 0.1) is 0 Å². The van der Waals surface area contributed by atoms with Crippen molar-refractivity contribution in [2.24, 2.45) is 0 Å². The largest absolute Gasteiger partial charge is 0.369 e. The molecule has 0 aliphatic heterocycles. The number of aryl methyl sites for hydroxylation is 1. The summed E-state index contributed by atoms with van der Waals surface area (Å²) >= 11 is 6.09. The molecule has 3 aromatic rings. The van der Waals surface area contributed by atoms with Crippen molar-refractivity contribution in [1.29, 1.82) is 0 Å². The summed E-state index contributed by atoms with van der Waals surface area (Å²) in [4.78, 5) is 25.4. The Bertz CT molecular complexity index is 962. The maximum atomic E-state index is 12.2. The van der Waals surface area contributed by atoms with Gasteiger partial charge in [-0.15, -0.1) is 0 Å². The molecule has 1 aromatic carbocycles. The van der Waals surface area contributed by atoms with Crippen molar-refractivity contribution in [2.45, 2.75) is 26.7 Å². The molecule has 0 saturated heterocycles. The number of hydrogen-bond acceptors (Lipinski definition) is 5. The lowest BCUT2D eigenvalue weighted by molar-refractivity contribution is -0.115. The van der Waals surface area contributed by atoms with Crippen LogP contribution in [0.5, 0.6) is 0 Å². The third-order valence-electron chi connectivity index (χ3n) is 4.28. The Morgan fingerprint density at radius 2 is 1.93 bits per heavy atom. The lowest BCUT2D eigenvalue weighted by Gasteiger charge is -2.11. The fourth-order valence-corrected chi connectivity index (χ4v) is 2.83. The van der Waals surface area contributed by atoms with Crippen LogP contribution in [0.15, 0.2) is 48.8 Å². The van der Waals surface area contributed by atoms with Gasteiger partial charge >= 0.3 is 0 Å². The van der Waals surface area contributed by atoms with Gasteiger partial charge in [0.1, 0.15) is 5.82 Å². The van der Waals surface area contributed by atoms with E-state index in [4.69, 9.17) is 11.6 Å². The minimum absolute atomic E-state index is 0.0861. The van der Waals surface area contributed by atoms with Crippen molar-refractivity contribution in [3.05, 3.63) is 65.1 Å². The second-order valence-corrected chi connectivity index (χ2v) is 6.70. The number of carbonyl (C=O) groups is 1. The summed E-state index contributed by atoms with van der Waals surface area (Å²) in [5.74, 6) is 1.26. The summed E-state index contributed by atoms with van der Waals surface area (Å²) in [6, 6.07) is 11.1. The van der Waals surface area contributed by atoms with Gasteiger partial charge < -0.3 is 10.6 Å². The molecule has 0 fully saturated rings. The third-order valence-corrected chi connectivity index (χ3v) is 4.69. The standard InChI is InChI=1S/C21H22ClN5O/c1-3-16-13-19(27-21(25-16)15-7-10-23-11-8-15)24-12-9-20(28)26-18-6-4-5-17(22)14(18)2/h4-8,10-11,13H,3,9,12H2,1-2H3,(H,26,28)(H,24,25,27). The van der Waals surface area contributed by atoms with Crippen LogP contribution in [-0.4, -0.2) is 27.4 Å². The Balaban J connectivity index is 1.62. The van der Waals surface area contributed by atoms with Gasteiger partial charge in [-0.1, -0.05) is 24.6 Å².